The van der Waals surface area contributed by atoms with Crippen molar-refractivity contribution >= 4 is 0 Å². The summed E-state index contributed by atoms with van der Waals surface area (Å²) in [5.41, 5.74) is 1.15. The molecule has 0 aromatic heterocycles. The fourth-order valence-electron chi connectivity index (χ4n) is 1.54. The van der Waals surface area contributed by atoms with Gasteiger partial charge in [0.2, 0.25) is 0 Å². The molecule has 1 aromatic rings. The van der Waals surface area contributed by atoms with Crippen molar-refractivity contribution in [2.45, 2.75) is 19.4 Å². The smallest absolute Gasteiger partial charge is 0.125 e. The van der Waals surface area contributed by atoms with Crippen molar-refractivity contribution in [3.05, 3.63) is 23.8 Å². The average Bonchev–Trinajstić information content (AvgIpc) is 2.18. The lowest BCUT2D eigenvalue weighted by atomic mass is 10.1. The molecule has 0 radical (unpaired) electrons. The number of hydrogen-bond donors (Lipinski definition) is 1. The Morgan fingerprint density at radius 3 is 2.87 bits per heavy atom. The van der Waals surface area contributed by atoms with E-state index >= 15 is 0 Å². The molecule has 1 N–H and O–H groups in total. The van der Waals surface area contributed by atoms with Gasteiger partial charge in [-0.2, -0.15) is 0 Å². The molecule has 15 heavy (non-hydrogen) atoms. The first-order valence-electron chi connectivity index (χ1n) is 5.30. The molecule has 1 unspecified atom stereocenters. The van der Waals surface area contributed by atoms with Crippen LogP contribution in [0, 0.1) is 6.92 Å². The molecule has 1 atom stereocenters. The molecule has 0 aliphatic carbocycles. The molecule has 3 nitrogen and oxygen atoms in total. The van der Waals surface area contributed by atoms with Gasteiger partial charge in [-0.1, -0.05) is 6.07 Å². The van der Waals surface area contributed by atoms with Gasteiger partial charge < -0.3 is 14.8 Å². The second-order valence-corrected chi connectivity index (χ2v) is 3.88. The standard InChI is InChI=1S/C12H17NO2/c1-9-3-4-11(14-2)7-12(9)15-8-10-5-6-13-10/h3-4,7,10,13H,5-6,8H2,1-2H3. The first-order valence-corrected chi connectivity index (χ1v) is 5.30. The predicted molar refractivity (Wildman–Crippen MR) is 59.6 cm³/mol. The monoisotopic (exact) mass is 207 g/mol. The maximum absolute atomic E-state index is 5.74. The van der Waals surface area contributed by atoms with Gasteiger partial charge >= 0.3 is 0 Å². The van der Waals surface area contributed by atoms with Crippen LogP contribution in [0.4, 0.5) is 0 Å². The fourth-order valence-corrected chi connectivity index (χ4v) is 1.54. The van der Waals surface area contributed by atoms with Crippen LogP contribution in [0.5, 0.6) is 11.5 Å². The van der Waals surface area contributed by atoms with Crippen molar-refractivity contribution in [1.82, 2.24) is 5.32 Å². The van der Waals surface area contributed by atoms with Crippen molar-refractivity contribution in [2.75, 3.05) is 20.3 Å². The zero-order valence-corrected chi connectivity index (χ0v) is 9.25. The Hall–Kier alpha value is -1.22. The highest BCUT2D eigenvalue weighted by Crippen LogP contribution is 2.24. The summed E-state index contributed by atoms with van der Waals surface area (Å²) in [5, 5.41) is 3.31. The normalized spacial score (nSPS) is 19.5. The predicted octanol–water partition coefficient (Wildman–Crippen LogP) is 1.74. The van der Waals surface area contributed by atoms with Gasteiger partial charge in [-0.25, -0.2) is 0 Å². The third-order valence-corrected chi connectivity index (χ3v) is 2.76. The van der Waals surface area contributed by atoms with Crippen LogP contribution in [0.15, 0.2) is 18.2 Å². The highest BCUT2D eigenvalue weighted by atomic mass is 16.5. The molecule has 1 aliphatic heterocycles. The van der Waals surface area contributed by atoms with Gasteiger partial charge in [-0.05, 0) is 31.5 Å². The lowest BCUT2D eigenvalue weighted by molar-refractivity contribution is 0.216. The van der Waals surface area contributed by atoms with Crippen LogP contribution in [0.1, 0.15) is 12.0 Å². The van der Waals surface area contributed by atoms with Crippen LogP contribution in [0.25, 0.3) is 0 Å². The molecule has 82 valence electrons. The number of rotatable bonds is 4. The van der Waals surface area contributed by atoms with Gasteiger partial charge in [0.25, 0.3) is 0 Å². The maximum atomic E-state index is 5.74. The molecule has 1 aliphatic rings. The largest absolute Gasteiger partial charge is 0.497 e. The molecule has 0 amide bonds. The van der Waals surface area contributed by atoms with Crippen LogP contribution < -0.4 is 14.8 Å². The lowest BCUT2D eigenvalue weighted by Crippen LogP contribution is -2.46. The van der Waals surface area contributed by atoms with Gasteiger partial charge in [0.1, 0.15) is 18.1 Å². The Morgan fingerprint density at radius 1 is 1.47 bits per heavy atom. The van der Waals surface area contributed by atoms with Crippen LogP contribution in [0.2, 0.25) is 0 Å². The first-order chi connectivity index (χ1) is 7.29. The van der Waals surface area contributed by atoms with Crippen LogP contribution >= 0.6 is 0 Å². The van der Waals surface area contributed by atoms with Crippen LogP contribution in [-0.2, 0) is 0 Å². The van der Waals surface area contributed by atoms with E-state index in [4.69, 9.17) is 9.47 Å². The molecule has 1 aromatic carbocycles. The van der Waals surface area contributed by atoms with Gasteiger partial charge in [0, 0.05) is 12.1 Å². The second kappa shape index (κ2) is 4.53. The number of aryl methyl sites for hydroxylation is 1. The molecular formula is C12H17NO2. The highest BCUT2D eigenvalue weighted by Gasteiger charge is 2.17. The molecular weight excluding hydrogens is 190 g/mol. The summed E-state index contributed by atoms with van der Waals surface area (Å²) >= 11 is 0. The molecule has 1 saturated heterocycles. The molecule has 1 fully saturated rings. The zero-order chi connectivity index (χ0) is 10.7. The average molecular weight is 207 g/mol. The van der Waals surface area contributed by atoms with E-state index in [2.05, 4.69) is 5.32 Å². The molecule has 2 rings (SSSR count). The van der Waals surface area contributed by atoms with E-state index in [1.807, 2.05) is 25.1 Å². The fraction of sp³-hybridized carbons (Fsp3) is 0.500. The Morgan fingerprint density at radius 2 is 2.27 bits per heavy atom. The Kier molecular flexibility index (Phi) is 3.11. The summed E-state index contributed by atoms with van der Waals surface area (Å²) in [5.74, 6) is 1.76. The number of hydrogen-bond acceptors (Lipinski definition) is 3. The van der Waals surface area contributed by atoms with Crippen LogP contribution in [0.3, 0.4) is 0 Å². The Labute approximate surface area is 90.4 Å². The van der Waals surface area contributed by atoms with E-state index in [1.165, 1.54) is 6.42 Å². The van der Waals surface area contributed by atoms with Crippen molar-refractivity contribution in [2.24, 2.45) is 0 Å². The number of benzene rings is 1. The lowest BCUT2D eigenvalue weighted by Gasteiger charge is -2.27. The molecule has 1 heterocycles. The second-order valence-electron chi connectivity index (χ2n) is 3.88. The van der Waals surface area contributed by atoms with Gasteiger partial charge in [-0.15, -0.1) is 0 Å². The van der Waals surface area contributed by atoms with Crippen molar-refractivity contribution in [1.29, 1.82) is 0 Å². The van der Waals surface area contributed by atoms with E-state index in [-0.39, 0.29) is 0 Å². The SMILES string of the molecule is COc1ccc(C)c(OCC2CCN2)c1. The van der Waals surface area contributed by atoms with Crippen LogP contribution in [-0.4, -0.2) is 26.3 Å². The number of methoxy groups -OCH3 is 1. The van der Waals surface area contributed by atoms with Gasteiger partial charge in [0.05, 0.1) is 7.11 Å². The highest BCUT2D eigenvalue weighted by molar-refractivity contribution is 5.39. The minimum absolute atomic E-state index is 0.524. The summed E-state index contributed by atoms with van der Waals surface area (Å²) in [6.07, 6.45) is 1.21. The van der Waals surface area contributed by atoms with E-state index in [1.54, 1.807) is 7.11 Å². The quantitative estimate of drug-likeness (QED) is 0.815. The minimum atomic E-state index is 0.524. The summed E-state index contributed by atoms with van der Waals surface area (Å²) in [6.45, 7) is 3.90. The van der Waals surface area contributed by atoms with Crippen molar-refractivity contribution in [3.63, 3.8) is 0 Å². The summed E-state index contributed by atoms with van der Waals surface area (Å²) in [6, 6.07) is 6.43. The molecule has 0 saturated carbocycles. The van der Waals surface area contributed by atoms with Crippen molar-refractivity contribution < 1.29 is 9.47 Å². The Balaban J connectivity index is 1.98. The van der Waals surface area contributed by atoms with Gasteiger partial charge in [0.15, 0.2) is 0 Å². The zero-order valence-electron chi connectivity index (χ0n) is 9.25. The number of ether oxygens (including phenoxy) is 2. The summed E-state index contributed by atoms with van der Waals surface area (Å²) in [7, 11) is 1.67. The van der Waals surface area contributed by atoms with Crippen molar-refractivity contribution in [3.8, 4) is 11.5 Å². The topological polar surface area (TPSA) is 30.5 Å². The van der Waals surface area contributed by atoms with E-state index in [9.17, 15) is 0 Å². The molecule has 3 heteroatoms. The third kappa shape index (κ3) is 2.42. The van der Waals surface area contributed by atoms with Gasteiger partial charge in [-0.3, -0.25) is 0 Å². The number of nitrogens with one attached hydrogen (secondary N) is 1. The first kappa shape index (κ1) is 10.3. The third-order valence-electron chi connectivity index (χ3n) is 2.76. The summed E-state index contributed by atoms with van der Waals surface area (Å²) in [4.78, 5) is 0. The molecule has 0 bridgehead atoms. The minimum Gasteiger partial charge on any atom is -0.497 e. The summed E-state index contributed by atoms with van der Waals surface area (Å²) < 4.78 is 10.9. The van der Waals surface area contributed by atoms with E-state index in [0.29, 0.717) is 6.04 Å². The van der Waals surface area contributed by atoms with E-state index < -0.39 is 0 Å². The van der Waals surface area contributed by atoms with E-state index in [0.717, 1.165) is 30.2 Å². The molecule has 0 spiro atoms. The maximum Gasteiger partial charge on any atom is 0.125 e. The Bertz CT molecular complexity index is 334.